The van der Waals surface area contributed by atoms with E-state index in [0.29, 0.717) is 49.3 Å². The molecule has 9 nitrogen and oxygen atoms in total. The van der Waals surface area contributed by atoms with Gasteiger partial charge >= 0.3 is 5.97 Å². The zero-order valence-corrected chi connectivity index (χ0v) is 19.1. The zero-order chi connectivity index (χ0) is 22.9. The molecule has 0 unspecified atom stereocenters. The van der Waals surface area contributed by atoms with E-state index in [-0.39, 0.29) is 17.2 Å². The number of hydrogen-bond donors (Lipinski definition) is 0. The van der Waals surface area contributed by atoms with Crippen molar-refractivity contribution in [2.45, 2.75) is 26.6 Å². The molecule has 0 aliphatic heterocycles. The maximum absolute atomic E-state index is 11.9. The number of methoxy groups -OCH3 is 2. The van der Waals surface area contributed by atoms with Crippen molar-refractivity contribution in [3.63, 3.8) is 0 Å². The van der Waals surface area contributed by atoms with E-state index in [1.807, 2.05) is 23.1 Å². The molecule has 1 aromatic carbocycles. The van der Waals surface area contributed by atoms with E-state index >= 15 is 0 Å². The first-order valence-electron chi connectivity index (χ1n) is 10.1. The van der Waals surface area contributed by atoms with Crippen molar-refractivity contribution in [1.82, 2.24) is 19.7 Å². The molecule has 3 aromatic rings. The van der Waals surface area contributed by atoms with E-state index in [1.165, 1.54) is 0 Å². The Hall–Kier alpha value is -3.24. The maximum atomic E-state index is 11.9. The first-order valence-corrected chi connectivity index (χ1v) is 10.5. The average molecular weight is 459 g/mol. The lowest BCUT2D eigenvalue weighted by molar-refractivity contribution is -0.143. The lowest BCUT2D eigenvalue weighted by atomic mass is 10.2. The van der Waals surface area contributed by atoms with Crippen molar-refractivity contribution >= 4 is 18.2 Å². The molecular weight excluding hydrogens is 432 g/mol. The Morgan fingerprint density at radius 2 is 2.03 bits per heavy atom. The summed E-state index contributed by atoms with van der Waals surface area (Å²) in [7, 11) is 3.14. The molecule has 3 rings (SSSR count). The highest BCUT2D eigenvalue weighted by Gasteiger charge is 2.16. The predicted octanol–water partition coefficient (Wildman–Crippen LogP) is 3.70. The molecule has 0 fully saturated rings. The second-order valence-electron chi connectivity index (χ2n) is 6.85. The number of nitrogens with zero attached hydrogens (tertiary/aromatic N) is 4. The molecule has 0 N–H and O–H groups in total. The summed E-state index contributed by atoms with van der Waals surface area (Å²) >= 11 is 5.39. The van der Waals surface area contributed by atoms with Crippen molar-refractivity contribution in [1.29, 1.82) is 0 Å². The van der Waals surface area contributed by atoms with Crippen LogP contribution in [-0.4, -0.2) is 53.0 Å². The molecule has 0 saturated carbocycles. The molecule has 0 bridgehead atoms. The van der Waals surface area contributed by atoms with Gasteiger partial charge in [0.2, 0.25) is 5.89 Å². The highest BCUT2D eigenvalue weighted by Crippen LogP contribution is 2.31. The van der Waals surface area contributed by atoms with Gasteiger partial charge in [-0.15, -0.1) is 5.10 Å². The zero-order valence-electron chi connectivity index (χ0n) is 18.3. The Labute approximate surface area is 191 Å². The van der Waals surface area contributed by atoms with Crippen molar-refractivity contribution < 1.29 is 23.4 Å². The van der Waals surface area contributed by atoms with E-state index in [4.69, 9.17) is 30.8 Å². The number of pyridine rings is 1. The van der Waals surface area contributed by atoms with Gasteiger partial charge in [0.1, 0.15) is 0 Å². The number of aromatic nitrogens is 3. The van der Waals surface area contributed by atoms with Crippen LogP contribution in [0.4, 0.5) is 0 Å². The number of hydrogen-bond acceptors (Lipinski definition) is 9. The van der Waals surface area contributed by atoms with Crippen LogP contribution in [-0.2, 0) is 22.7 Å². The number of benzene rings is 1. The van der Waals surface area contributed by atoms with Crippen LogP contribution in [0.1, 0.15) is 18.9 Å². The van der Waals surface area contributed by atoms with Gasteiger partial charge in [0.25, 0.3) is 4.84 Å². The number of rotatable bonds is 11. The van der Waals surface area contributed by atoms with Gasteiger partial charge in [-0.3, -0.25) is 14.7 Å². The monoisotopic (exact) mass is 458 g/mol. The number of carbonyl (C=O) groups excluding carboxylic acids is 1. The summed E-state index contributed by atoms with van der Waals surface area (Å²) in [6.45, 7) is 3.51. The Bertz CT molecular complexity index is 1080. The first kappa shape index (κ1) is 23.4. The highest BCUT2D eigenvalue weighted by molar-refractivity contribution is 7.71. The third-order valence-electron chi connectivity index (χ3n) is 4.64. The van der Waals surface area contributed by atoms with Gasteiger partial charge in [-0.2, -0.15) is 0 Å². The SMILES string of the molecule is CCOC(=O)CCN(Cc1cccnc1)Cn1nc(-c2ccc(OC)c(OC)c2)oc1=S. The van der Waals surface area contributed by atoms with Crippen LogP contribution in [0.5, 0.6) is 11.5 Å². The third kappa shape index (κ3) is 6.14. The number of esters is 1. The molecule has 10 heteroatoms. The van der Waals surface area contributed by atoms with E-state index in [9.17, 15) is 4.79 Å². The molecule has 0 aliphatic carbocycles. The van der Waals surface area contributed by atoms with Crippen molar-refractivity contribution in [3.8, 4) is 23.0 Å². The van der Waals surface area contributed by atoms with Crippen LogP contribution in [0.3, 0.4) is 0 Å². The summed E-state index contributed by atoms with van der Waals surface area (Å²) in [6.07, 6.45) is 3.76. The smallest absolute Gasteiger partial charge is 0.307 e. The second-order valence-corrected chi connectivity index (χ2v) is 7.20. The fourth-order valence-corrected chi connectivity index (χ4v) is 3.28. The van der Waals surface area contributed by atoms with Gasteiger partial charge in [0.15, 0.2) is 11.5 Å². The summed E-state index contributed by atoms with van der Waals surface area (Å²) in [5, 5.41) is 4.53. The van der Waals surface area contributed by atoms with E-state index in [0.717, 1.165) is 5.56 Å². The van der Waals surface area contributed by atoms with Crippen LogP contribution in [0, 0.1) is 4.84 Å². The number of carbonyl (C=O) groups is 1. The molecule has 0 amide bonds. The summed E-state index contributed by atoms with van der Waals surface area (Å²) < 4.78 is 23.0. The molecular formula is C22H26N4O5S. The second kappa shape index (κ2) is 11.4. The van der Waals surface area contributed by atoms with Gasteiger partial charge in [0, 0.05) is 31.0 Å². The van der Waals surface area contributed by atoms with Gasteiger partial charge < -0.3 is 18.6 Å². The standard InChI is InChI=1S/C22H26N4O5S/c1-4-30-20(27)9-11-25(14-16-6-5-10-23-13-16)15-26-22(32)31-21(24-26)17-7-8-18(28-2)19(12-17)29-3/h5-8,10,12-13H,4,9,11,14-15H2,1-3H3. The summed E-state index contributed by atoms with van der Waals surface area (Å²) in [4.78, 5) is 18.3. The topological polar surface area (TPSA) is 91.9 Å². The summed E-state index contributed by atoms with van der Waals surface area (Å²) in [5.41, 5.74) is 1.71. The maximum Gasteiger partial charge on any atom is 0.307 e. The van der Waals surface area contributed by atoms with Crippen LogP contribution < -0.4 is 9.47 Å². The quantitative estimate of drug-likeness (QED) is 0.315. The Morgan fingerprint density at radius 1 is 1.22 bits per heavy atom. The molecule has 0 saturated heterocycles. The molecule has 0 aliphatic rings. The lowest BCUT2D eigenvalue weighted by Crippen LogP contribution is -2.29. The summed E-state index contributed by atoms with van der Waals surface area (Å²) in [6, 6.07) is 9.22. The lowest BCUT2D eigenvalue weighted by Gasteiger charge is -2.21. The van der Waals surface area contributed by atoms with E-state index in [1.54, 1.807) is 50.4 Å². The van der Waals surface area contributed by atoms with Gasteiger partial charge in [-0.1, -0.05) is 6.07 Å². The van der Waals surface area contributed by atoms with Gasteiger partial charge in [-0.05, 0) is 49.0 Å². The Kier molecular flexibility index (Phi) is 8.34. The van der Waals surface area contributed by atoms with E-state index < -0.39 is 0 Å². The van der Waals surface area contributed by atoms with E-state index in [2.05, 4.69) is 10.1 Å². The fraction of sp³-hybridized carbons (Fsp3) is 0.364. The largest absolute Gasteiger partial charge is 0.493 e. The molecule has 2 aromatic heterocycles. The Morgan fingerprint density at radius 3 is 2.72 bits per heavy atom. The average Bonchev–Trinajstić information content (AvgIpc) is 3.18. The molecule has 32 heavy (non-hydrogen) atoms. The first-order chi connectivity index (χ1) is 15.5. The van der Waals surface area contributed by atoms with Crippen molar-refractivity contribution in [2.75, 3.05) is 27.4 Å². The molecule has 170 valence electrons. The Balaban J connectivity index is 1.80. The fourth-order valence-electron chi connectivity index (χ4n) is 3.10. The minimum atomic E-state index is -0.251. The number of ether oxygens (including phenoxy) is 3. The van der Waals surface area contributed by atoms with Gasteiger partial charge in [-0.25, -0.2) is 4.68 Å². The minimum Gasteiger partial charge on any atom is -0.493 e. The van der Waals surface area contributed by atoms with Crippen LogP contribution in [0.25, 0.3) is 11.5 Å². The van der Waals surface area contributed by atoms with Gasteiger partial charge in [0.05, 0.1) is 33.9 Å². The normalized spacial score (nSPS) is 10.9. The van der Waals surface area contributed by atoms with Crippen LogP contribution in [0.15, 0.2) is 47.1 Å². The van der Waals surface area contributed by atoms with Crippen LogP contribution in [0.2, 0.25) is 0 Å². The predicted molar refractivity (Wildman–Crippen MR) is 120 cm³/mol. The molecule has 0 atom stereocenters. The van der Waals surface area contributed by atoms with Crippen molar-refractivity contribution in [3.05, 3.63) is 53.1 Å². The van der Waals surface area contributed by atoms with Crippen molar-refractivity contribution in [2.24, 2.45) is 0 Å². The summed E-state index contributed by atoms with van der Waals surface area (Å²) in [5.74, 6) is 1.28. The highest BCUT2D eigenvalue weighted by atomic mass is 32.1. The molecule has 0 spiro atoms. The minimum absolute atomic E-state index is 0.224. The molecule has 2 heterocycles. The molecule has 0 radical (unpaired) electrons. The third-order valence-corrected chi connectivity index (χ3v) is 4.93. The van der Waals surface area contributed by atoms with Crippen LogP contribution >= 0.6 is 12.2 Å².